The van der Waals surface area contributed by atoms with Gasteiger partial charge in [0.15, 0.2) is 0 Å². The molecule has 1 aromatic carbocycles. The van der Waals surface area contributed by atoms with Gasteiger partial charge in [0.25, 0.3) is 0 Å². The van der Waals surface area contributed by atoms with Gasteiger partial charge in [-0.3, -0.25) is 4.90 Å². The van der Waals surface area contributed by atoms with E-state index in [0.29, 0.717) is 11.3 Å². The average molecular weight is 409 g/mol. The first-order chi connectivity index (χ1) is 13.4. The normalized spacial score (nSPS) is 16.7. The monoisotopic (exact) mass is 409 g/mol. The summed E-state index contributed by atoms with van der Waals surface area (Å²) in [6.45, 7) is 3.72. The smallest absolute Gasteiger partial charge is 0.406 e. The van der Waals surface area contributed by atoms with Crippen LogP contribution in [-0.2, 0) is 13.1 Å². The molecule has 1 saturated heterocycles. The Kier molecular flexibility index (Phi) is 5.33. The highest BCUT2D eigenvalue weighted by molar-refractivity contribution is 7.09. The second-order valence-electron chi connectivity index (χ2n) is 7.20. The third-order valence-corrected chi connectivity index (χ3v) is 5.83. The number of thiazole rings is 1. The van der Waals surface area contributed by atoms with E-state index < -0.39 is 12.7 Å². The molecule has 2 aromatic heterocycles. The van der Waals surface area contributed by atoms with Gasteiger partial charge >= 0.3 is 6.18 Å². The quantitative estimate of drug-likeness (QED) is 0.593. The molecule has 0 unspecified atom stereocenters. The molecule has 3 aromatic rings. The van der Waals surface area contributed by atoms with E-state index in [2.05, 4.69) is 15.3 Å². The predicted octanol–water partition coefficient (Wildman–Crippen LogP) is 5.01. The zero-order valence-corrected chi connectivity index (χ0v) is 16.4. The number of aromatic nitrogens is 2. The molecular formula is C20H22F3N3OS. The Labute approximate surface area is 165 Å². The van der Waals surface area contributed by atoms with Crippen molar-refractivity contribution in [3.05, 3.63) is 46.5 Å². The van der Waals surface area contributed by atoms with Gasteiger partial charge in [-0.05, 0) is 38.0 Å². The summed E-state index contributed by atoms with van der Waals surface area (Å²) in [5, 5.41) is 3.91. The van der Waals surface area contributed by atoms with Crippen LogP contribution in [0.1, 0.15) is 23.5 Å². The number of likely N-dealkylation sites (tertiary alicyclic amines) is 1. The molecule has 4 rings (SSSR count). The van der Waals surface area contributed by atoms with Gasteiger partial charge in [0.1, 0.15) is 18.4 Å². The lowest BCUT2D eigenvalue weighted by molar-refractivity contribution is -0.139. The lowest BCUT2D eigenvalue weighted by Crippen LogP contribution is -2.37. The Morgan fingerprint density at radius 2 is 2.00 bits per heavy atom. The van der Waals surface area contributed by atoms with Gasteiger partial charge in [0.2, 0.25) is 0 Å². The van der Waals surface area contributed by atoms with E-state index in [9.17, 15) is 13.2 Å². The average Bonchev–Trinajstić information content (AvgIpc) is 3.22. The number of halogens is 3. The van der Waals surface area contributed by atoms with Crippen LogP contribution in [0.25, 0.3) is 10.9 Å². The van der Waals surface area contributed by atoms with Crippen LogP contribution in [0, 0.1) is 6.92 Å². The van der Waals surface area contributed by atoms with Crippen molar-refractivity contribution in [3.8, 4) is 5.75 Å². The van der Waals surface area contributed by atoms with Gasteiger partial charge < -0.3 is 9.30 Å². The van der Waals surface area contributed by atoms with E-state index >= 15 is 0 Å². The summed E-state index contributed by atoms with van der Waals surface area (Å²) in [7, 11) is 0. The zero-order valence-electron chi connectivity index (χ0n) is 15.6. The Morgan fingerprint density at radius 3 is 2.68 bits per heavy atom. The molecule has 3 heterocycles. The summed E-state index contributed by atoms with van der Waals surface area (Å²) >= 11 is 1.67. The summed E-state index contributed by atoms with van der Waals surface area (Å²) in [5.74, 6) is 0.659. The third-order valence-electron chi connectivity index (χ3n) is 5.00. The molecule has 4 nitrogen and oxygen atoms in total. The Morgan fingerprint density at radius 1 is 1.21 bits per heavy atom. The highest BCUT2D eigenvalue weighted by Gasteiger charge is 2.28. The number of nitrogens with zero attached hydrogens (tertiary/aromatic N) is 3. The van der Waals surface area contributed by atoms with Crippen molar-refractivity contribution < 1.29 is 17.9 Å². The summed E-state index contributed by atoms with van der Waals surface area (Å²) in [6.07, 6.45) is -0.912. The van der Waals surface area contributed by atoms with Crippen molar-refractivity contribution in [1.82, 2.24) is 14.5 Å². The van der Waals surface area contributed by atoms with E-state index in [1.165, 1.54) is 10.8 Å². The lowest BCUT2D eigenvalue weighted by atomic mass is 10.1. The number of alkyl halides is 3. The second kappa shape index (κ2) is 7.75. The summed E-state index contributed by atoms with van der Waals surface area (Å²) in [5.41, 5.74) is 1.66. The first-order valence-corrected chi connectivity index (χ1v) is 10.2. The van der Waals surface area contributed by atoms with Crippen LogP contribution in [0.4, 0.5) is 13.2 Å². The maximum atomic E-state index is 12.8. The molecule has 0 radical (unpaired) electrons. The molecular weight excluding hydrogens is 387 g/mol. The Hall–Kier alpha value is -2.06. The number of hydrogen-bond acceptors (Lipinski definition) is 4. The SMILES string of the molecule is Cc1nc(CN2CCC(Oc3cccc4c3ccn4CC(F)(F)F)CC2)cs1. The fourth-order valence-corrected chi connectivity index (χ4v) is 4.31. The number of aryl methyl sites for hydroxylation is 1. The van der Waals surface area contributed by atoms with Crippen LogP contribution >= 0.6 is 11.3 Å². The Bertz CT molecular complexity index is 942. The molecule has 0 spiro atoms. The van der Waals surface area contributed by atoms with Gasteiger partial charge in [0.05, 0.1) is 16.2 Å². The second-order valence-corrected chi connectivity index (χ2v) is 8.26. The molecule has 1 aliphatic heterocycles. The van der Waals surface area contributed by atoms with Crippen molar-refractivity contribution in [3.63, 3.8) is 0 Å². The first kappa shape index (κ1) is 19.3. The predicted molar refractivity (Wildman–Crippen MR) is 104 cm³/mol. The van der Waals surface area contributed by atoms with Gasteiger partial charge in [-0.25, -0.2) is 4.98 Å². The lowest BCUT2D eigenvalue weighted by Gasteiger charge is -2.31. The molecule has 28 heavy (non-hydrogen) atoms. The molecule has 150 valence electrons. The molecule has 8 heteroatoms. The topological polar surface area (TPSA) is 30.3 Å². The molecule has 0 aliphatic carbocycles. The van der Waals surface area contributed by atoms with Gasteiger partial charge in [-0.15, -0.1) is 11.3 Å². The molecule has 0 saturated carbocycles. The molecule has 0 N–H and O–H groups in total. The fraction of sp³-hybridized carbons (Fsp3) is 0.450. The summed E-state index contributed by atoms with van der Waals surface area (Å²) in [4.78, 5) is 6.89. The molecule has 0 atom stereocenters. The van der Waals surface area contributed by atoms with E-state index in [4.69, 9.17) is 4.74 Å². The molecule has 1 aliphatic rings. The van der Waals surface area contributed by atoms with E-state index in [-0.39, 0.29) is 6.10 Å². The minimum Gasteiger partial charge on any atom is -0.490 e. The number of rotatable bonds is 5. The van der Waals surface area contributed by atoms with Gasteiger partial charge in [0, 0.05) is 36.6 Å². The molecule has 0 bridgehead atoms. The first-order valence-electron chi connectivity index (χ1n) is 9.32. The maximum Gasteiger partial charge on any atom is 0.406 e. The zero-order chi connectivity index (χ0) is 19.7. The van der Waals surface area contributed by atoms with Crippen LogP contribution in [0.3, 0.4) is 0 Å². The van der Waals surface area contributed by atoms with Gasteiger partial charge in [-0.2, -0.15) is 13.2 Å². The van der Waals surface area contributed by atoms with Crippen molar-refractivity contribution in [2.24, 2.45) is 0 Å². The highest BCUT2D eigenvalue weighted by Crippen LogP contribution is 2.31. The summed E-state index contributed by atoms with van der Waals surface area (Å²) in [6, 6.07) is 7.00. The minimum atomic E-state index is -4.24. The molecule has 1 fully saturated rings. The largest absolute Gasteiger partial charge is 0.490 e. The van der Waals surface area contributed by atoms with Crippen LogP contribution < -0.4 is 4.74 Å². The van der Waals surface area contributed by atoms with Gasteiger partial charge in [-0.1, -0.05) is 6.07 Å². The van der Waals surface area contributed by atoms with Crippen molar-refractivity contribution in [1.29, 1.82) is 0 Å². The standard InChI is InChI=1S/C20H22F3N3OS/c1-14-24-15(12-28-14)11-25-8-5-16(6-9-25)27-19-4-2-3-18-17(19)7-10-26(18)13-20(21,22)23/h2-4,7,10,12,16H,5-6,8-9,11,13H2,1H3. The highest BCUT2D eigenvalue weighted by atomic mass is 32.1. The van der Waals surface area contributed by atoms with Crippen molar-refractivity contribution >= 4 is 22.2 Å². The van der Waals surface area contributed by atoms with E-state index in [1.807, 2.05) is 13.0 Å². The molecule has 0 amide bonds. The number of ether oxygens (including phenoxy) is 1. The number of fused-ring (bicyclic) bond motifs is 1. The maximum absolute atomic E-state index is 12.8. The van der Waals surface area contributed by atoms with Crippen LogP contribution in [0.15, 0.2) is 35.8 Å². The van der Waals surface area contributed by atoms with Crippen LogP contribution in [-0.4, -0.2) is 39.8 Å². The van der Waals surface area contributed by atoms with E-state index in [1.54, 1.807) is 29.5 Å². The van der Waals surface area contributed by atoms with Crippen molar-refractivity contribution in [2.75, 3.05) is 13.1 Å². The van der Waals surface area contributed by atoms with Crippen LogP contribution in [0.5, 0.6) is 5.75 Å². The van der Waals surface area contributed by atoms with E-state index in [0.717, 1.165) is 48.6 Å². The number of hydrogen-bond donors (Lipinski definition) is 0. The minimum absolute atomic E-state index is 0.0741. The Balaban J connectivity index is 1.39. The third kappa shape index (κ3) is 4.50. The van der Waals surface area contributed by atoms with Crippen molar-refractivity contribution in [2.45, 2.75) is 45.1 Å². The number of piperidine rings is 1. The fourth-order valence-electron chi connectivity index (χ4n) is 3.70. The summed E-state index contributed by atoms with van der Waals surface area (Å²) < 4.78 is 45.7. The van der Waals surface area contributed by atoms with Crippen LogP contribution in [0.2, 0.25) is 0 Å². The number of benzene rings is 1.